The zero-order chi connectivity index (χ0) is 46.7. The number of hydrogen-bond acceptors (Lipinski definition) is 4. The molecule has 3 aromatic heterocycles. The second kappa shape index (κ2) is 15.3. The van der Waals surface area contributed by atoms with Crippen molar-refractivity contribution in [3.05, 3.63) is 194 Å². The van der Waals surface area contributed by atoms with Gasteiger partial charge in [0, 0.05) is 77.8 Å². The number of ether oxygens (including phenoxy) is 1. The van der Waals surface area contributed by atoms with Crippen LogP contribution in [0.4, 0.5) is 22.7 Å². The molecule has 10 aromatic rings. The summed E-state index contributed by atoms with van der Waals surface area (Å²) in [7, 11) is 0. The van der Waals surface area contributed by atoms with E-state index in [4.69, 9.17) is 16.6 Å². The Labute approximate surface area is 390 Å². The minimum atomic E-state index is -0.435. The normalized spacial score (nSPS) is 14.1. The van der Waals surface area contributed by atoms with Crippen LogP contribution in [-0.4, -0.2) is 14.1 Å². The molecule has 4 heterocycles. The summed E-state index contributed by atoms with van der Waals surface area (Å²) in [5, 5.41) is 3.95. The Hall–Kier alpha value is -6.62. The molecule has 0 spiro atoms. The minimum Gasteiger partial charge on any atom is -0.509 e. The van der Waals surface area contributed by atoms with Gasteiger partial charge in [0.1, 0.15) is 5.82 Å². The van der Waals surface area contributed by atoms with Crippen LogP contribution in [-0.2, 0) is 31.9 Å². The Morgan fingerprint density at radius 2 is 1.24 bits per heavy atom. The van der Waals surface area contributed by atoms with Gasteiger partial charge in [-0.25, -0.2) is 4.98 Å². The fraction of sp³-hybridized carbons (Fsp3) is 0.143. The van der Waals surface area contributed by atoms with Crippen molar-refractivity contribution in [2.75, 3.05) is 9.80 Å². The number of benzene rings is 7. The SMILES string of the molecule is [2H]c1c([2H])c([2H])c(-n2c3ccccc3c3cccc(N4[CH-]N(c5[c-]c(Oc6[c-]c7c(cc6)c6cc(C(C)(C)C)ccc6n7-c6cc(C(C)(C)C)ccn6)ccc5)c5ccccc54)c32)c([2H])c1[2H].[Pt]. The van der Waals surface area contributed by atoms with E-state index >= 15 is 0 Å². The summed E-state index contributed by atoms with van der Waals surface area (Å²) in [4.78, 5) is 9.03. The summed E-state index contributed by atoms with van der Waals surface area (Å²) in [6.07, 6.45) is 1.88. The average molecular weight is 1010 g/mol. The third kappa shape index (κ3) is 6.89. The van der Waals surface area contributed by atoms with Crippen LogP contribution in [0.25, 0.3) is 55.1 Å². The van der Waals surface area contributed by atoms with Gasteiger partial charge in [-0.05, 0) is 81.9 Å². The van der Waals surface area contributed by atoms with Crippen molar-refractivity contribution < 1.29 is 32.7 Å². The third-order valence-electron chi connectivity index (χ3n) is 11.9. The summed E-state index contributed by atoms with van der Waals surface area (Å²) < 4.78 is 54.2. The van der Waals surface area contributed by atoms with Crippen molar-refractivity contribution in [1.82, 2.24) is 14.1 Å². The quantitative estimate of drug-likeness (QED) is 0.156. The molecule has 1 aliphatic heterocycles. The van der Waals surface area contributed by atoms with Crippen LogP contribution in [0.1, 0.15) is 59.5 Å². The molecule has 0 saturated carbocycles. The largest absolute Gasteiger partial charge is 0.509 e. The van der Waals surface area contributed by atoms with Crippen LogP contribution in [0.2, 0.25) is 0 Å². The van der Waals surface area contributed by atoms with Crippen molar-refractivity contribution >= 4 is 66.4 Å². The topological polar surface area (TPSA) is 38.5 Å². The van der Waals surface area contributed by atoms with E-state index in [1.54, 1.807) is 0 Å². The van der Waals surface area contributed by atoms with Crippen LogP contribution in [0.3, 0.4) is 0 Å². The van der Waals surface area contributed by atoms with Crippen molar-refractivity contribution in [2.24, 2.45) is 0 Å². The van der Waals surface area contributed by atoms with E-state index in [2.05, 4.69) is 104 Å². The molecule has 0 atom stereocenters. The maximum absolute atomic E-state index is 9.03. The van der Waals surface area contributed by atoms with E-state index in [1.807, 2.05) is 108 Å². The molecule has 0 unspecified atom stereocenters. The molecule has 7 aromatic carbocycles. The molecule has 0 saturated heterocycles. The van der Waals surface area contributed by atoms with Crippen molar-refractivity contribution in [3.8, 4) is 23.0 Å². The van der Waals surface area contributed by atoms with Gasteiger partial charge in [0.2, 0.25) is 0 Å². The Morgan fingerprint density at radius 3 is 2.03 bits per heavy atom. The summed E-state index contributed by atoms with van der Waals surface area (Å²) >= 11 is 0. The monoisotopic (exact) mass is 1000 g/mol. The van der Waals surface area contributed by atoms with Gasteiger partial charge in [0.05, 0.1) is 17.9 Å². The average Bonchev–Trinajstić information content (AvgIpc) is 3.98. The van der Waals surface area contributed by atoms with Crippen LogP contribution in [0.15, 0.2) is 164 Å². The molecule has 7 heteroatoms. The Morgan fingerprint density at radius 1 is 0.571 bits per heavy atom. The first-order valence-corrected chi connectivity index (χ1v) is 20.9. The number of pyridine rings is 1. The Bertz CT molecular complexity index is 3630. The molecule has 0 N–H and O–H groups in total. The molecule has 0 bridgehead atoms. The summed E-state index contributed by atoms with van der Waals surface area (Å²) in [5.74, 6) is 1.86. The second-order valence-corrected chi connectivity index (χ2v) is 17.9. The second-order valence-electron chi connectivity index (χ2n) is 17.9. The zero-order valence-electron chi connectivity index (χ0n) is 40.7. The van der Waals surface area contributed by atoms with Crippen LogP contribution >= 0.6 is 0 Å². The van der Waals surface area contributed by atoms with Crippen molar-refractivity contribution in [1.29, 1.82) is 0 Å². The summed E-state index contributed by atoms with van der Waals surface area (Å²) in [6, 6.07) is 48.1. The fourth-order valence-corrected chi connectivity index (χ4v) is 8.73. The molecular weight excluding hydrogens is 954 g/mol. The van der Waals surface area contributed by atoms with Gasteiger partial charge in [-0.15, -0.1) is 48.1 Å². The van der Waals surface area contributed by atoms with Gasteiger partial charge >= 0.3 is 0 Å². The minimum absolute atomic E-state index is 0. The van der Waals surface area contributed by atoms with E-state index < -0.39 is 18.1 Å². The number of fused-ring (bicyclic) bond motifs is 7. The molecule has 0 fully saturated rings. The smallest absolute Gasteiger partial charge is 0.135 e. The number of rotatable bonds is 6. The van der Waals surface area contributed by atoms with E-state index in [0.29, 0.717) is 17.0 Å². The van der Waals surface area contributed by atoms with Gasteiger partial charge < -0.3 is 23.7 Å². The van der Waals surface area contributed by atoms with Gasteiger partial charge in [-0.3, -0.25) is 0 Å². The van der Waals surface area contributed by atoms with Crippen LogP contribution in [0.5, 0.6) is 11.5 Å². The van der Waals surface area contributed by atoms with Crippen molar-refractivity contribution in [3.63, 3.8) is 0 Å². The molecule has 0 amide bonds. The zero-order valence-corrected chi connectivity index (χ0v) is 38.0. The Kier molecular flexibility index (Phi) is 8.49. The molecule has 11 rings (SSSR count). The van der Waals surface area contributed by atoms with E-state index in [-0.39, 0.29) is 49.7 Å². The summed E-state index contributed by atoms with van der Waals surface area (Å²) in [6.45, 7) is 15.3. The number of aromatic nitrogens is 3. The number of hydrogen-bond donors (Lipinski definition) is 0. The number of para-hydroxylation sites is 5. The maximum Gasteiger partial charge on any atom is 0.135 e. The number of nitrogens with zero attached hydrogens (tertiary/aromatic N) is 5. The standard InChI is InChI=1S/C56H46N5O.Pt/c1-55(2,3)37-26-29-48-46(32-37)44-28-27-42(35-52(44)61(48)53-33-38(30-31-57-53)56(4,5)6)62-41-19-14-18-40(34-41)58-36-59(50-24-13-12-23-49(50)58)51-25-15-21-45-43-20-10-11-22-47(43)60(54(45)51)39-16-8-7-9-17-39;/h7-33,36H,1-6H3;/q-3;/i7D,8D,9D,16D,17D;. The summed E-state index contributed by atoms with van der Waals surface area (Å²) in [5.41, 5.74) is 9.03. The predicted molar refractivity (Wildman–Crippen MR) is 256 cm³/mol. The van der Waals surface area contributed by atoms with Gasteiger partial charge in [0.25, 0.3) is 0 Å². The van der Waals surface area contributed by atoms with E-state index in [1.165, 1.54) is 11.1 Å². The van der Waals surface area contributed by atoms with Crippen LogP contribution < -0.4 is 14.5 Å². The van der Waals surface area contributed by atoms with E-state index in [9.17, 15) is 0 Å². The van der Waals surface area contributed by atoms with Crippen LogP contribution in [0, 0.1) is 18.8 Å². The molecule has 0 radical (unpaired) electrons. The molecule has 6 nitrogen and oxygen atoms in total. The van der Waals surface area contributed by atoms with Crippen molar-refractivity contribution in [2.45, 2.75) is 52.4 Å². The molecule has 63 heavy (non-hydrogen) atoms. The molecule has 1 aliphatic rings. The molecular formula is C56H46N5OPt-3. The Balaban J connectivity index is 0.00000539. The molecule has 314 valence electrons. The predicted octanol–water partition coefficient (Wildman–Crippen LogP) is 14.7. The maximum atomic E-state index is 9.03. The van der Waals surface area contributed by atoms with Gasteiger partial charge in [-0.1, -0.05) is 120 Å². The fourth-order valence-electron chi connectivity index (χ4n) is 8.73. The van der Waals surface area contributed by atoms with Gasteiger partial charge in [-0.2, -0.15) is 12.1 Å². The molecule has 0 aliphatic carbocycles. The first-order valence-electron chi connectivity index (χ1n) is 23.4. The van der Waals surface area contributed by atoms with E-state index in [0.717, 1.165) is 66.7 Å². The first kappa shape index (κ1) is 34.9. The first-order chi connectivity index (χ1) is 32.1. The third-order valence-corrected chi connectivity index (χ3v) is 11.9. The van der Waals surface area contributed by atoms with Gasteiger partial charge in [0.15, 0.2) is 0 Å². The number of anilines is 4.